The van der Waals surface area contributed by atoms with Crippen LogP contribution in [0.15, 0.2) is 60.2 Å². The molecular formula is C30H30N2O2S. The molecule has 0 unspecified atom stereocenters. The van der Waals surface area contributed by atoms with Gasteiger partial charge in [0.15, 0.2) is 0 Å². The first-order valence-electron chi connectivity index (χ1n) is 12.2. The van der Waals surface area contributed by atoms with Crippen LogP contribution in [0.3, 0.4) is 0 Å². The van der Waals surface area contributed by atoms with Crippen molar-refractivity contribution in [2.75, 3.05) is 11.4 Å². The highest BCUT2D eigenvalue weighted by Gasteiger charge is 2.20. The third-order valence-corrected chi connectivity index (χ3v) is 7.30. The first kappa shape index (κ1) is 24.5. The lowest BCUT2D eigenvalue weighted by Gasteiger charge is -2.27. The molecule has 1 aliphatic heterocycles. The topological polar surface area (TPSA) is 64.3 Å². The Hall–Kier alpha value is -3.62. The number of hydrogen-bond acceptors (Lipinski definition) is 4. The molecule has 2 aromatic carbocycles. The van der Waals surface area contributed by atoms with Gasteiger partial charge in [-0.05, 0) is 78.4 Å². The Kier molecular flexibility index (Phi) is 8.18. The lowest BCUT2D eigenvalue weighted by atomic mass is 10.0. The van der Waals surface area contributed by atoms with Crippen LogP contribution in [0.25, 0.3) is 18.2 Å². The van der Waals surface area contributed by atoms with Crippen LogP contribution in [-0.2, 0) is 17.6 Å². The Labute approximate surface area is 211 Å². The Morgan fingerprint density at radius 2 is 1.77 bits per heavy atom. The van der Waals surface area contributed by atoms with E-state index < -0.39 is 5.97 Å². The summed E-state index contributed by atoms with van der Waals surface area (Å²) in [5.41, 5.74) is 6.32. The van der Waals surface area contributed by atoms with Gasteiger partial charge in [0.25, 0.3) is 0 Å². The summed E-state index contributed by atoms with van der Waals surface area (Å²) in [7, 11) is 0. The fourth-order valence-corrected chi connectivity index (χ4v) is 5.35. The van der Waals surface area contributed by atoms with Crippen molar-refractivity contribution >= 4 is 46.9 Å². The highest BCUT2D eigenvalue weighted by molar-refractivity contribution is 7.13. The van der Waals surface area contributed by atoms with Gasteiger partial charge in [-0.1, -0.05) is 56.5 Å². The molecule has 0 saturated carbocycles. The van der Waals surface area contributed by atoms with E-state index in [1.165, 1.54) is 65.6 Å². The molecule has 3 aromatic rings. The van der Waals surface area contributed by atoms with E-state index in [0.717, 1.165) is 34.7 Å². The van der Waals surface area contributed by atoms with Crippen molar-refractivity contribution in [2.24, 2.45) is 0 Å². The van der Waals surface area contributed by atoms with Crippen LogP contribution in [0.5, 0.6) is 0 Å². The van der Waals surface area contributed by atoms with E-state index in [9.17, 15) is 4.79 Å². The Bertz CT molecular complexity index is 1300. The second-order valence-electron chi connectivity index (χ2n) is 8.78. The van der Waals surface area contributed by atoms with Gasteiger partial charge in [0.05, 0.1) is 0 Å². The lowest BCUT2D eigenvalue weighted by molar-refractivity contribution is -0.132. The van der Waals surface area contributed by atoms with E-state index in [1.807, 2.05) is 18.2 Å². The molecular weight excluding hydrogens is 452 g/mol. The second-order valence-corrected chi connectivity index (χ2v) is 9.92. The SMILES string of the molecule is CCCCCCN1c2ccccc2CCc2cc(/C=C/c3ccc(/C=C(\C#N)C(=O)O)s3)ccc21. The monoisotopic (exact) mass is 482 g/mol. The highest BCUT2D eigenvalue weighted by atomic mass is 32.1. The molecule has 4 nitrogen and oxygen atoms in total. The van der Waals surface area contributed by atoms with Crippen molar-refractivity contribution in [1.82, 2.24) is 0 Å². The Balaban J connectivity index is 1.56. The van der Waals surface area contributed by atoms with Crippen LogP contribution in [0.4, 0.5) is 11.4 Å². The third kappa shape index (κ3) is 6.09. The van der Waals surface area contributed by atoms with E-state index in [-0.39, 0.29) is 5.57 Å². The lowest BCUT2D eigenvalue weighted by Crippen LogP contribution is -2.19. The zero-order valence-corrected chi connectivity index (χ0v) is 20.9. The van der Waals surface area contributed by atoms with E-state index >= 15 is 0 Å². The molecule has 1 aliphatic rings. The molecule has 0 fully saturated rings. The smallest absolute Gasteiger partial charge is 0.346 e. The van der Waals surface area contributed by atoms with Gasteiger partial charge in [-0.3, -0.25) is 0 Å². The molecule has 0 radical (unpaired) electrons. The van der Waals surface area contributed by atoms with Crippen molar-refractivity contribution < 1.29 is 9.90 Å². The minimum atomic E-state index is -1.20. The van der Waals surface area contributed by atoms with Crippen molar-refractivity contribution in [1.29, 1.82) is 5.26 Å². The number of nitrogens with zero attached hydrogens (tertiary/aromatic N) is 2. The molecule has 0 amide bonds. The number of anilines is 2. The first-order chi connectivity index (χ1) is 17.1. The van der Waals surface area contributed by atoms with Crippen LogP contribution in [0, 0.1) is 11.3 Å². The maximum absolute atomic E-state index is 11.1. The Morgan fingerprint density at radius 1 is 1.00 bits per heavy atom. The predicted molar refractivity (Wildman–Crippen MR) is 146 cm³/mol. The number of nitriles is 1. The number of para-hydroxylation sites is 1. The van der Waals surface area contributed by atoms with Gasteiger partial charge in [0, 0.05) is 27.7 Å². The zero-order valence-electron chi connectivity index (χ0n) is 20.0. The summed E-state index contributed by atoms with van der Waals surface area (Å²) in [4.78, 5) is 15.3. The molecule has 4 rings (SSSR count). The summed E-state index contributed by atoms with van der Waals surface area (Å²) < 4.78 is 0. The van der Waals surface area contributed by atoms with Gasteiger partial charge < -0.3 is 10.0 Å². The minimum absolute atomic E-state index is 0.256. The maximum atomic E-state index is 11.1. The van der Waals surface area contributed by atoms with Crippen molar-refractivity contribution in [3.05, 3.63) is 86.6 Å². The number of carboxylic acids is 1. The van der Waals surface area contributed by atoms with Gasteiger partial charge in [-0.15, -0.1) is 11.3 Å². The number of carbonyl (C=O) groups is 1. The average Bonchev–Trinajstić information content (AvgIpc) is 3.26. The van der Waals surface area contributed by atoms with Crippen molar-refractivity contribution in [3.63, 3.8) is 0 Å². The number of unbranched alkanes of at least 4 members (excludes halogenated alkanes) is 3. The molecule has 1 aromatic heterocycles. The quantitative estimate of drug-likeness (QED) is 0.193. The van der Waals surface area contributed by atoms with E-state index in [4.69, 9.17) is 10.4 Å². The number of carboxylic acid groups (broad SMARTS) is 1. The molecule has 0 saturated heterocycles. The third-order valence-electron chi connectivity index (χ3n) is 6.30. The normalized spacial score (nSPS) is 13.3. The van der Waals surface area contributed by atoms with Gasteiger partial charge in [0.2, 0.25) is 0 Å². The fraction of sp³-hybridized carbons (Fsp3) is 0.267. The molecule has 0 atom stereocenters. The van der Waals surface area contributed by atoms with E-state index in [0.29, 0.717) is 0 Å². The van der Waals surface area contributed by atoms with Gasteiger partial charge in [-0.2, -0.15) is 5.26 Å². The number of fused-ring (bicyclic) bond motifs is 2. The number of rotatable bonds is 9. The van der Waals surface area contributed by atoms with E-state index in [1.54, 1.807) is 6.07 Å². The fourth-order valence-electron chi connectivity index (χ4n) is 4.49. The summed E-state index contributed by atoms with van der Waals surface area (Å²) in [5, 5.41) is 18.0. The summed E-state index contributed by atoms with van der Waals surface area (Å²) in [6, 6.07) is 21.0. The average molecular weight is 483 g/mol. The van der Waals surface area contributed by atoms with Crippen molar-refractivity contribution in [2.45, 2.75) is 45.4 Å². The molecule has 35 heavy (non-hydrogen) atoms. The van der Waals surface area contributed by atoms with Crippen LogP contribution in [0.1, 0.15) is 59.1 Å². The van der Waals surface area contributed by atoms with Crippen LogP contribution in [0.2, 0.25) is 0 Å². The summed E-state index contributed by atoms with van der Waals surface area (Å²) >= 11 is 1.46. The van der Waals surface area contributed by atoms with Crippen LogP contribution < -0.4 is 4.90 Å². The van der Waals surface area contributed by atoms with Crippen LogP contribution in [-0.4, -0.2) is 17.6 Å². The molecule has 5 heteroatoms. The van der Waals surface area contributed by atoms with Crippen LogP contribution >= 0.6 is 11.3 Å². The maximum Gasteiger partial charge on any atom is 0.346 e. The standard InChI is InChI=1S/C30H30N2O2S/c1-2-3-4-7-18-32-28-9-6-5-8-23(28)12-13-24-19-22(11-17-29(24)32)10-14-26-15-16-27(35-26)20-25(21-31)30(33)34/h5-6,8-11,14-17,19-20H,2-4,7,12-13,18H2,1H3,(H,33,34)/b14-10+,25-20+. The number of aliphatic carboxylic acids is 1. The zero-order chi connectivity index (χ0) is 24.6. The molecule has 0 spiro atoms. The largest absolute Gasteiger partial charge is 0.477 e. The van der Waals surface area contributed by atoms with Gasteiger partial charge in [-0.25, -0.2) is 4.79 Å². The minimum Gasteiger partial charge on any atom is -0.477 e. The molecule has 1 N–H and O–H groups in total. The number of aryl methyl sites for hydroxylation is 2. The number of hydrogen-bond donors (Lipinski definition) is 1. The highest BCUT2D eigenvalue weighted by Crippen LogP contribution is 2.37. The van der Waals surface area contributed by atoms with Gasteiger partial charge in [0.1, 0.15) is 11.6 Å². The molecule has 0 bridgehead atoms. The molecule has 2 heterocycles. The summed E-state index contributed by atoms with van der Waals surface area (Å²) in [5.74, 6) is -1.20. The second kappa shape index (κ2) is 11.7. The molecule has 178 valence electrons. The van der Waals surface area contributed by atoms with Crippen molar-refractivity contribution in [3.8, 4) is 6.07 Å². The van der Waals surface area contributed by atoms with E-state index in [2.05, 4.69) is 60.4 Å². The number of thiophene rings is 1. The first-order valence-corrected chi connectivity index (χ1v) is 13.0. The number of benzene rings is 2. The van der Waals surface area contributed by atoms with Gasteiger partial charge >= 0.3 is 5.97 Å². The summed E-state index contributed by atoms with van der Waals surface area (Å²) in [6.07, 6.45) is 12.6. The Morgan fingerprint density at radius 3 is 2.57 bits per heavy atom. The summed E-state index contributed by atoms with van der Waals surface area (Å²) in [6.45, 7) is 3.28. The predicted octanol–water partition coefficient (Wildman–Crippen LogP) is 7.73. The molecule has 0 aliphatic carbocycles.